The van der Waals surface area contributed by atoms with Crippen LogP contribution in [-0.4, -0.2) is 41.0 Å². The molecule has 0 aliphatic rings. The SMILES string of the molecule is CCN(Cc1ccc(N(C)C)cc1)C(=O)c1ccc2c(c1)[nH]c(=O)c(=O)n2CC. The average Bonchev–Trinajstić information content (AvgIpc) is 2.72. The first-order chi connectivity index (χ1) is 13.8. The molecule has 2 aromatic carbocycles. The van der Waals surface area contributed by atoms with Gasteiger partial charge in [0.05, 0.1) is 11.0 Å². The molecule has 3 aromatic rings. The molecule has 0 aliphatic carbocycles. The smallest absolute Gasteiger partial charge is 0.316 e. The molecular weight excluding hydrogens is 368 g/mol. The topological polar surface area (TPSA) is 78.4 Å². The van der Waals surface area contributed by atoms with Gasteiger partial charge in [0, 0.05) is 45.0 Å². The van der Waals surface area contributed by atoms with Crippen molar-refractivity contribution < 1.29 is 4.79 Å². The molecule has 7 heteroatoms. The van der Waals surface area contributed by atoms with E-state index in [0.29, 0.717) is 36.2 Å². The number of fused-ring (bicyclic) bond motifs is 1. The third-order valence-corrected chi connectivity index (χ3v) is 5.03. The van der Waals surface area contributed by atoms with Crippen LogP contribution in [0.5, 0.6) is 0 Å². The van der Waals surface area contributed by atoms with Crippen LogP contribution in [0.2, 0.25) is 0 Å². The van der Waals surface area contributed by atoms with E-state index in [4.69, 9.17) is 0 Å². The van der Waals surface area contributed by atoms with Crippen LogP contribution in [0.15, 0.2) is 52.1 Å². The predicted molar refractivity (Wildman–Crippen MR) is 116 cm³/mol. The third-order valence-electron chi connectivity index (χ3n) is 5.03. The number of amides is 1. The van der Waals surface area contributed by atoms with Gasteiger partial charge in [-0.2, -0.15) is 0 Å². The minimum Gasteiger partial charge on any atom is -0.378 e. The zero-order valence-electron chi connectivity index (χ0n) is 17.2. The van der Waals surface area contributed by atoms with Crippen LogP contribution in [0.3, 0.4) is 0 Å². The summed E-state index contributed by atoms with van der Waals surface area (Å²) in [4.78, 5) is 43.3. The molecule has 0 bridgehead atoms. The fourth-order valence-electron chi connectivity index (χ4n) is 3.36. The Kier molecular flexibility index (Phi) is 5.87. The van der Waals surface area contributed by atoms with E-state index in [1.54, 1.807) is 30.0 Å². The Morgan fingerprint density at radius 1 is 1.03 bits per heavy atom. The molecule has 0 saturated carbocycles. The molecule has 152 valence electrons. The fourth-order valence-corrected chi connectivity index (χ4v) is 3.36. The second-order valence-corrected chi connectivity index (χ2v) is 7.12. The van der Waals surface area contributed by atoms with Crippen LogP contribution < -0.4 is 16.0 Å². The first-order valence-electron chi connectivity index (χ1n) is 9.68. The minimum absolute atomic E-state index is 0.124. The van der Waals surface area contributed by atoms with Crippen molar-refractivity contribution in [2.75, 3.05) is 25.5 Å². The summed E-state index contributed by atoms with van der Waals surface area (Å²) < 4.78 is 1.41. The van der Waals surface area contributed by atoms with Crippen molar-refractivity contribution in [2.24, 2.45) is 0 Å². The van der Waals surface area contributed by atoms with E-state index < -0.39 is 11.1 Å². The third kappa shape index (κ3) is 4.08. The van der Waals surface area contributed by atoms with Crippen LogP contribution in [0, 0.1) is 0 Å². The van der Waals surface area contributed by atoms with Gasteiger partial charge in [-0.1, -0.05) is 12.1 Å². The van der Waals surface area contributed by atoms with Crippen LogP contribution in [0.4, 0.5) is 5.69 Å². The lowest BCUT2D eigenvalue weighted by atomic mass is 10.1. The highest BCUT2D eigenvalue weighted by Crippen LogP contribution is 2.17. The second-order valence-electron chi connectivity index (χ2n) is 7.12. The monoisotopic (exact) mass is 394 g/mol. The van der Waals surface area contributed by atoms with Gasteiger partial charge >= 0.3 is 11.1 Å². The summed E-state index contributed by atoms with van der Waals surface area (Å²) in [6.07, 6.45) is 0. The summed E-state index contributed by atoms with van der Waals surface area (Å²) in [5.74, 6) is -0.124. The number of aromatic amines is 1. The highest BCUT2D eigenvalue weighted by atomic mass is 16.2. The number of carbonyl (C=O) groups excluding carboxylic acids is 1. The largest absolute Gasteiger partial charge is 0.378 e. The van der Waals surface area contributed by atoms with Crippen molar-refractivity contribution in [1.29, 1.82) is 0 Å². The van der Waals surface area contributed by atoms with Crippen molar-refractivity contribution in [3.05, 3.63) is 74.3 Å². The van der Waals surface area contributed by atoms with Crippen molar-refractivity contribution >= 4 is 22.6 Å². The van der Waals surface area contributed by atoms with Gasteiger partial charge in [0.15, 0.2) is 0 Å². The lowest BCUT2D eigenvalue weighted by Gasteiger charge is -2.22. The molecule has 0 aliphatic heterocycles. The number of aryl methyl sites for hydroxylation is 1. The van der Waals surface area contributed by atoms with Crippen LogP contribution >= 0.6 is 0 Å². The lowest BCUT2D eigenvalue weighted by molar-refractivity contribution is 0.0752. The van der Waals surface area contributed by atoms with Gasteiger partial charge in [0.2, 0.25) is 0 Å². The number of nitrogens with one attached hydrogen (secondary N) is 1. The predicted octanol–water partition coefficient (Wildman–Crippen LogP) is 2.44. The molecule has 0 saturated heterocycles. The highest BCUT2D eigenvalue weighted by Gasteiger charge is 2.16. The number of rotatable bonds is 6. The first kappa shape index (κ1) is 20.4. The molecule has 0 unspecified atom stereocenters. The van der Waals surface area contributed by atoms with E-state index in [2.05, 4.69) is 4.98 Å². The molecule has 3 rings (SSSR count). The number of H-pyrrole nitrogens is 1. The van der Waals surface area contributed by atoms with E-state index in [9.17, 15) is 14.4 Å². The van der Waals surface area contributed by atoms with Gasteiger partial charge in [-0.05, 0) is 49.7 Å². The highest BCUT2D eigenvalue weighted by molar-refractivity contribution is 5.97. The Labute approximate surface area is 169 Å². The molecule has 1 N–H and O–H groups in total. The second kappa shape index (κ2) is 8.34. The van der Waals surface area contributed by atoms with Crippen molar-refractivity contribution in [2.45, 2.75) is 26.9 Å². The molecule has 7 nitrogen and oxygen atoms in total. The van der Waals surface area contributed by atoms with Gasteiger partial charge < -0.3 is 19.4 Å². The molecule has 0 radical (unpaired) electrons. The molecule has 1 heterocycles. The van der Waals surface area contributed by atoms with Gasteiger partial charge in [-0.15, -0.1) is 0 Å². The van der Waals surface area contributed by atoms with Gasteiger partial charge in [0.25, 0.3) is 5.91 Å². The quantitative estimate of drug-likeness (QED) is 0.652. The summed E-state index contributed by atoms with van der Waals surface area (Å²) in [5, 5.41) is 0. The standard InChI is InChI=1S/C22H26N4O3/c1-5-25(14-15-7-10-17(11-8-15)24(3)4)21(28)16-9-12-19-18(13-16)23-20(27)22(29)26(19)6-2/h7-13H,5-6,14H2,1-4H3,(H,23,27). The maximum Gasteiger partial charge on any atom is 0.316 e. The number of hydrogen-bond acceptors (Lipinski definition) is 4. The van der Waals surface area contributed by atoms with Crippen molar-refractivity contribution in [1.82, 2.24) is 14.5 Å². The zero-order valence-corrected chi connectivity index (χ0v) is 17.2. The molecule has 1 aromatic heterocycles. The van der Waals surface area contributed by atoms with Gasteiger partial charge in [-0.3, -0.25) is 14.4 Å². The number of hydrogen-bond donors (Lipinski definition) is 1. The van der Waals surface area contributed by atoms with Crippen molar-refractivity contribution in [3.63, 3.8) is 0 Å². The van der Waals surface area contributed by atoms with Crippen LogP contribution in [0.25, 0.3) is 11.0 Å². The number of carbonyl (C=O) groups is 1. The molecule has 0 atom stereocenters. The Balaban J connectivity index is 1.91. The lowest BCUT2D eigenvalue weighted by Crippen LogP contribution is -2.36. The van der Waals surface area contributed by atoms with Gasteiger partial charge in [0.1, 0.15) is 0 Å². The average molecular weight is 394 g/mol. The molecule has 29 heavy (non-hydrogen) atoms. The number of anilines is 1. The van der Waals surface area contributed by atoms with Crippen molar-refractivity contribution in [3.8, 4) is 0 Å². The molecule has 0 spiro atoms. The van der Waals surface area contributed by atoms with E-state index in [-0.39, 0.29) is 5.91 Å². The minimum atomic E-state index is -0.683. The number of nitrogens with zero attached hydrogens (tertiary/aromatic N) is 3. The normalized spacial score (nSPS) is 10.9. The Bertz CT molecular complexity index is 1140. The Hall–Kier alpha value is -3.35. The summed E-state index contributed by atoms with van der Waals surface area (Å²) in [5.41, 5.74) is 2.43. The van der Waals surface area contributed by atoms with E-state index in [1.807, 2.05) is 50.2 Å². The summed E-state index contributed by atoms with van der Waals surface area (Å²) in [6.45, 7) is 5.17. The maximum atomic E-state index is 13.1. The first-order valence-corrected chi connectivity index (χ1v) is 9.68. The van der Waals surface area contributed by atoms with E-state index in [0.717, 1.165) is 11.3 Å². The molecule has 1 amide bonds. The fraction of sp³-hybridized carbons (Fsp3) is 0.318. The molecule has 0 fully saturated rings. The number of aromatic nitrogens is 2. The van der Waals surface area contributed by atoms with E-state index >= 15 is 0 Å². The Morgan fingerprint density at radius 3 is 2.31 bits per heavy atom. The number of benzene rings is 2. The summed E-state index contributed by atoms with van der Waals surface area (Å²) >= 11 is 0. The van der Waals surface area contributed by atoms with Gasteiger partial charge in [-0.25, -0.2) is 0 Å². The van der Waals surface area contributed by atoms with Crippen LogP contribution in [-0.2, 0) is 13.1 Å². The summed E-state index contributed by atoms with van der Waals surface area (Å²) in [6, 6.07) is 13.1. The Morgan fingerprint density at radius 2 is 1.72 bits per heavy atom. The van der Waals surface area contributed by atoms with Crippen LogP contribution in [0.1, 0.15) is 29.8 Å². The van der Waals surface area contributed by atoms with E-state index in [1.165, 1.54) is 4.57 Å². The summed E-state index contributed by atoms with van der Waals surface area (Å²) in [7, 11) is 3.97. The molecular formula is C22H26N4O3. The maximum absolute atomic E-state index is 13.1. The zero-order chi connectivity index (χ0) is 21.1.